The minimum atomic E-state index is -0.164. The van der Waals surface area contributed by atoms with E-state index in [0.29, 0.717) is 37.7 Å². The maximum absolute atomic E-state index is 12.3. The first-order valence-corrected chi connectivity index (χ1v) is 10.7. The number of aliphatic imine (C=N–C) groups is 1. The predicted molar refractivity (Wildman–Crippen MR) is 110 cm³/mol. The van der Waals surface area contributed by atoms with E-state index >= 15 is 0 Å². The van der Waals surface area contributed by atoms with E-state index in [-0.39, 0.29) is 23.9 Å². The molecule has 0 aliphatic carbocycles. The zero-order chi connectivity index (χ0) is 20.1. The van der Waals surface area contributed by atoms with Crippen LogP contribution in [0.4, 0.5) is 0 Å². The number of rotatable bonds is 14. The van der Waals surface area contributed by atoms with Crippen molar-refractivity contribution in [3.8, 4) is 0 Å². The van der Waals surface area contributed by atoms with Crippen LogP contribution in [-0.4, -0.2) is 43.5 Å². The number of hydrogen-bond acceptors (Lipinski definition) is 4. The standard InChI is InChI=1S/C21H39N3O3/c1-5-6-7-8-9-10-11-20(26)24-18(14-16(2)3)21-23-17(15-27-21)12-13-19(25)22-4/h16-18H,5-15H2,1-4H3,(H,22,25)(H,24,26). The lowest BCUT2D eigenvalue weighted by molar-refractivity contribution is -0.122. The Morgan fingerprint density at radius 3 is 2.48 bits per heavy atom. The monoisotopic (exact) mass is 381 g/mol. The lowest BCUT2D eigenvalue weighted by Crippen LogP contribution is -2.41. The molecule has 6 heteroatoms. The summed E-state index contributed by atoms with van der Waals surface area (Å²) in [5.74, 6) is 1.16. The summed E-state index contributed by atoms with van der Waals surface area (Å²) in [7, 11) is 1.64. The number of carbonyl (C=O) groups is 2. The fourth-order valence-corrected chi connectivity index (χ4v) is 3.22. The van der Waals surface area contributed by atoms with E-state index in [9.17, 15) is 9.59 Å². The van der Waals surface area contributed by atoms with Crippen molar-refractivity contribution >= 4 is 17.7 Å². The molecule has 1 heterocycles. The van der Waals surface area contributed by atoms with Crippen LogP contribution in [0.1, 0.15) is 85.0 Å². The van der Waals surface area contributed by atoms with Gasteiger partial charge >= 0.3 is 0 Å². The molecule has 0 aromatic rings. The third-order valence-corrected chi connectivity index (χ3v) is 4.81. The van der Waals surface area contributed by atoms with Gasteiger partial charge in [0.15, 0.2) is 0 Å². The van der Waals surface area contributed by atoms with Crippen LogP contribution >= 0.6 is 0 Å². The molecule has 0 spiro atoms. The van der Waals surface area contributed by atoms with Gasteiger partial charge in [-0.2, -0.15) is 0 Å². The summed E-state index contributed by atoms with van der Waals surface area (Å²) in [6, 6.07) is -0.162. The predicted octanol–water partition coefficient (Wildman–Crippen LogP) is 3.59. The van der Waals surface area contributed by atoms with Crippen LogP contribution < -0.4 is 10.6 Å². The number of amides is 2. The quantitative estimate of drug-likeness (QED) is 0.451. The largest absolute Gasteiger partial charge is 0.477 e. The summed E-state index contributed by atoms with van der Waals surface area (Å²) >= 11 is 0. The van der Waals surface area contributed by atoms with Gasteiger partial charge < -0.3 is 15.4 Å². The lowest BCUT2D eigenvalue weighted by Gasteiger charge is -2.20. The van der Waals surface area contributed by atoms with Gasteiger partial charge in [0, 0.05) is 19.9 Å². The molecule has 156 valence electrons. The van der Waals surface area contributed by atoms with Gasteiger partial charge in [-0.1, -0.05) is 52.9 Å². The van der Waals surface area contributed by atoms with Gasteiger partial charge in [0.25, 0.3) is 0 Å². The van der Waals surface area contributed by atoms with E-state index in [2.05, 4.69) is 36.4 Å². The van der Waals surface area contributed by atoms with Gasteiger partial charge in [0.05, 0.1) is 6.04 Å². The minimum Gasteiger partial charge on any atom is -0.477 e. The molecule has 0 radical (unpaired) electrons. The van der Waals surface area contributed by atoms with Gasteiger partial charge in [-0.3, -0.25) is 9.59 Å². The Balaban J connectivity index is 2.45. The molecule has 0 fully saturated rings. The smallest absolute Gasteiger partial charge is 0.220 e. The molecule has 1 aliphatic rings. The number of carbonyl (C=O) groups excluding carboxylic acids is 2. The van der Waals surface area contributed by atoms with Crippen molar-refractivity contribution in [2.45, 2.75) is 97.1 Å². The van der Waals surface area contributed by atoms with E-state index in [1.807, 2.05) is 0 Å². The van der Waals surface area contributed by atoms with Gasteiger partial charge in [-0.05, 0) is 25.2 Å². The molecule has 0 bridgehead atoms. The third kappa shape index (κ3) is 10.4. The molecule has 0 aromatic carbocycles. The van der Waals surface area contributed by atoms with Crippen LogP contribution in [0.25, 0.3) is 0 Å². The van der Waals surface area contributed by atoms with Crippen molar-refractivity contribution in [1.29, 1.82) is 0 Å². The summed E-state index contributed by atoms with van der Waals surface area (Å²) in [4.78, 5) is 28.4. The summed E-state index contributed by atoms with van der Waals surface area (Å²) in [6.07, 6.45) is 9.52. The van der Waals surface area contributed by atoms with Crippen molar-refractivity contribution in [2.24, 2.45) is 10.9 Å². The van der Waals surface area contributed by atoms with Gasteiger partial charge in [0.2, 0.25) is 17.7 Å². The second kappa shape index (κ2) is 13.6. The summed E-state index contributed by atoms with van der Waals surface area (Å²) in [5.41, 5.74) is 0. The first-order chi connectivity index (χ1) is 13.0. The highest BCUT2D eigenvalue weighted by molar-refractivity contribution is 5.88. The SMILES string of the molecule is CCCCCCCCC(=O)NC(CC(C)C)C1=NC(CCC(=O)NC)CO1. The van der Waals surface area contributed by atoms with Crippen LogP contribution in [0.3, 0.4) is 0 Å². The molecule has 27 heavy (non-hydrogen) atoms. The van der Waals surface area contributed by atoms with E-state index in [1.165, 1.54) is 25.7 Å². The molecule has 0 aromatic heterocycles. The van der Waals surface area contributed by atoms with Crippen molar-refractivity contribution < 1.29 is 14.3 Å². The summed E-state index contributed by atoms with van der Waals surface area (Å²) in [5, 5.41) is 5.74. The Morgan fingerprint density at radius 1 is 1.11 bits per heavy atom. The zero-order valence-electron chi connectivity index (χ0n) is 17.7. The highest BCUT2D eigenvalue weighted by atomic mass is 16.5. The number of nitrogens with one attached hydrogen (secondary N) is 2. The maximum atomic E-state index is 12.3. The summed E-state index contributed by atoms with van der Waals surface area (Å²) in [6.45, 7) is 6.96. The number of ether oxygens (including phenoxy) is 1. The molecule has 2 atom stereocenters. The van der Waals surface area contributed by atoms with Crippen LogP contribution in [0.15, 0.2) is 4.99 Å². The molecule has 0 saturated heterocycles. The van der Waals surface area contributed by atoms with E-state index in [0.717, 1.165) is 19.3 Å². The fourth-order valence-electron chi connectivity index (χ4n) is 3.22. The molecule has 1 rings (SSSR count). The zero-order valence-corrected chi connectivity index (χ0v) is 17.7. The van der Waals surface area contributed by atoms with Gasteiger partial charge in [-0.15, -0.1) is 0 Å². The average Bonchev–Trinajstić information content (AvgIpc) is 3.10. The highest BCUT2D eigenvalue weighted by Gasteiger charge is 2.28. The normalized spacial score (nSPS) is 17.4. The molecule has 2 unspecified atom stereocenters. The van der Waals surface area contributed by atoms with E-state index in [4.69, 9.17) is 4.74 Å². The first-order valence-electron chi connectivity index (χ1n) is 10.7. The van der Waals surface area contributed by atoms with Crippen LogP contribution in [0, 0.1) is 5.92 Å². The van der Waals surface area contributed by atoms with Crippen molar-refractivity contribution in [2.75, 3.05) is 13.7 Å². The average molecular weight is 382 g/mol. The first kappa shape index (κ1) is 23.4. The topological polar surface area (TPSA) is 79.8 Å². The fraction of sp³-hybridized carbons (Fsp3) is 0.857. The van der Waals surface area contributed by atoms with Gasteiger partial charge in [0.1, 0.15) is 12.6 Å². The second-order valence-corrected chi connectivity index (χ2v) is 7.91. The molecule has 2 N–H and O–H groups in total. The number of hydrogen-bond donors (Lipinski definition) is 2. The maximum Gasteiger partial charge on any atom is 0.220 e. The second-order valence-electron chi connectivity index (χ2n) is 7.91. The molecular weight excluding hydrogens is 342 g/mol. The lowest BCUT2D eigenvalue weighted by atomic mass is 10.0. The number of nitrogens with zero attached hydrogens (tertiary/aromatic N) is 1. The van der Waals surface area contributed by atoms with Crippen molar-refractivity contribution in [3.63, 3.8) is 0 Å². The van der Waals surface area contributed by atoms with Crippen LogP contribution in [0.5, 0.6) is 0 Å². The van der Waals surface area contributed by atoms with Crippen LogP contribution in [-0.2, 0) is 14.3 Å². The Bertz CT molecular complexity index is 477. The van der Waals surface area contributed by atoms with Crippen molar-refractivity contribution in [1.82, 2.24) is 10.6 Å². The highest BCUT2D eigenvalue weighted by Crippen LogP contribution is 2.17. The minimum absolute atomic E-state index is 0.00225. The van der Waals surface area contributed by atoms with Gasteiger partial charge in [-0.25, -0.2) is 4.99 Å². The summed E-state index contributed by atoms with van der Waals surface area (Å²) < 4.78 is 5.77. The Hall–Kier alpha value is -1.59. The molecular formula is C21H39N3O3. The molecule has 0 saturated carbocycles. The molecule has 1 aliphatic heterocycles. The Kier molecular flexibility index (Phi) is 11.8. The molecule has 6 nitrogen and oxygen atoms in total. The third-order valence-electron chi connectivity index (χ3n) is 4.81. The van der Waals surface area contributed by atoms with E-state index < -0.39 is 0 Å². The Labute approximate surface area is 164 Å². The number of unbranched alkanes of at least 4 members (excludes halogenated alkanes) is 5. The Morgan fingerprint density at radius 2 is 1.81 bits per heavy atom. The van der Waals surface area contributed by atoms with E-state index in [1.54, 1.807) is 7.05 Å². The van der Waals surface area contributed by atoms with Crippen molar-refractivity contribution in [3.05, 3.63) is 0 Å². The molecule has 2 amide bonds. The van der Waals surface area contributed by atoms with Crippen LogP contribution in [0.2, 0.25) is 0 Å².